The molecule has 4 nitrogen and oxygen atoms in total. The first-order chi connectivity index (χ1) is 9.22. The second kappa shape index (κ2) is 6.20. The molecular formula is C14H13ClN2O2. The maximum absolute atomic E-state index is 11.0. The fourth-order valence-electron chi connectivity index (χ4n) is 1.62. The third-order valence-corrected chi connectivity index (χ3v) is 2.87. The number of benzene rings is 1. The molecule has 2 rings (SSSR count). The molecule has 2 aromatic rings. The van der Waals surface area contributed by atoms with Crippen LogP contribution in [0, 0.1) is 0 Å². The number of ether oxygens (including phenoxy) is 1. The number of para-hydroxylation sites is 1. The summed E-state index contributed by atoms with van der Waals surface area (Å²) in [5.41, 5.74) is 1.64. The van der Waals surface area contributed by atoms with Gasteiger partial charge in [-0.2, -0.15) is 5.10 Å². The molecule has 0 aliphatic rings. The summed E-state index contributed by atoms with van der Waals surface area (Å²) in [6, 6.07) is 9.29. The molecule has 1 aromatic carbocycles. The van der Waals surface area contributed by atoms with E-state index in [2.05, 4.69) is 9.84 Å². The van der Waals surface area contributed by atoms with Crippen molar-refractivity contribution in [1.29, 1.82) is 0 Å². The minimum absolute atomic E-state index is 0.226. The van der Waals surface area contributed by atoms with Gasteiger partial charge in [-0.05, 0) is 24.3 Å². The van der Waals surface area contributed by atoms with Gasteiger partial charge >= 0.3 is 5.97 Å². The summed E-state index contributed by atoms with van der Waals surface area (Å²) in [5, 5.41) is 4.85. The van der Waals surface area contributed by atoms with Gasteiger partial charge in [-0.1, -0.05) is 29.8 Å². The fraction of sp³-hybridized carbons (Fsp3) is 0.143. The summed E-state index contributed by atoms with van der Waals surface area (Å²) in [7, 11) is 1.37. The van der Waals surface area contributed by atoms with E-state index in [1.54, 1.807) is 23.0 Å². The lowest BCUT2D eigenvalue weighted by atomic mass is 10.3. The van der Waals surface area contributed by atoms with Crippen molar-refractivity contribution in [3.8, 4) is 5.69 Å². The Bertz CT molecular complexity index is 605. The van der Waals surface area contributed by atoms with Crippen molar-refractivity contribution in [1.82, 2.24) is 9.78 Å². The Morgan fingerprint density at radius 2 is 2.21 bits per heavy atom. The molecule has 0 aliphatic heterocycles. The van der Waals surface area contributed by atoms with E-state index in [0.29, 0.717) is 5.02 Å². The number of carbonyl (C=O) groups excluding carboxylic acids is 1. The zero-order chi connectivity index (χ0) is 13.7. The maximum Gasteiger partial charge on any atom is 0.309 e. The Kier molecular flexibility index (Phi) is 4.36. The van der Waals surface area contributed by atoms with Crippen molar-refractivity contribution in [2.24, 2.45) is 0 Å². The van der Waals surface area contributed by atoms with E-state index in [0.717, 1.165) is 11.4 Å². The fourth-order valence-corrected chi connectivity index (χ4v) is 1.84. The first-order valence-corrected chi connectivity index (χ1v) is 6.12. The average molecular weight is 277 g/mol. The van der Waals surface area contributed by atoms with Crippen molar-refractivity contribution >= 4 is 23.6 Å². The summed E-state index contributed by atoms with van der Waals surface area (Å²) in [6.07, 6.45) is 5.45. The Balaban J connectivity index is 2.23. The molecule has 0 N–H and O–H groups in total. The van der Waals surface area contributed by atoms with Crippen LogP contribution < -0.4 is 0 Å². The van der Waals surface area contributed by atoms with Crippen LogP contribution in [0.25, 0.3) is 11.8 Å². The molecule has 0 bridgehead atoms. The van der Waals surface area contributed by atoms with Gasteiger partial charge in [-0.25, -0.2) is 4.68 Å². The second-order valence-electron chi connectivity index (χ2n) is 3.80. The van der Waals surface area contributed by atoms with Crippen LogP contribution in [-0.2, 0) is 9.53 Å². The third-order valence-electron chi connectivity index (χ3n) is 2.55. The predicted octanol–water partition coefficient (Wildman–Crippen LogP) is 3.10. The van der Waals surface area contributed by atoms with Gasteiger partial charge in [0.15, 0.2) is 0 Å². The second-order valence-corrected chi connectivity index (χ2v) is 4.21. The van der Waals surface area contributed by atoms with Gasteiger partial charge in [0.1, 0.15) is 0 Å². The van der Waals surface area contributed by atoms with Gasteiger partial charge in [0.05, 0.1) is 36.1 Å². The maximum atomic E-state index is 11.0. The van der Waals surface area contributed by atoms with Crippen LogP contribution >= 0.6 is 11.6 Å². The van der Waals surface area contributed by atoms with E-state index >= 15 is 0 Å². The molecule has 0 saturated carbocycles. The van der Waals surface area contributed by atoms with Crippen molar-refractivity contribution < 1.29 is 9.53 Å². The number of nitrogens with zero attached hydrogens (tertiary/aromatic N) is 2. The number of rotatable bonds is 4. The molecule has 1 heterocycles. The highest BCUT2D eigenvalue weighted by Crippen LogP contribution is 2.21. The van der Waals surface area contributed by atoms with Crippen LogP contribution in [0.15, 0.2) is 42.6 Å². The highest BCUT2D eigenvalue weighted by Gasteiger charge is 2.05. The Morgan fingerprint density at radius 1 is 1.42 bits per heavy atom. The zero-order valence-corrected chi connectivity index (χ0v) is 11.2. The number of halogens is 1. The number of methoxy groups -OCH3 is 1. The molecule has 0 fully saturated rings. The average Bonchev–Trinajstić information content (AvgIpc) is 2.87. The van der Waals surface area contributed by atoms with Gasteiger partial charge in [-0.3, -0.25) is 4.79 Å². The van der Waals surface area contributed by atoms with E-state index in [9.17, 15) is 4.79 Å². The van der Waals surface area contributed by atoms with E-state index < -0.39 is 0 Å². The van der Waals surface area contributed by atoms with Crippen LogP contribution in [0.4, 0.5) is 0 Å². The first kappa shape index (κ1) is 13.4. The predicted molar refractivity (Wildman–Crippen MR) is 74.2 cm³/mol. The zero-order valence-electron chi connectivity index (χ0n) is 10.4. The quantitative estimate of drug-likeness (QED) is 0.806. The van der Waals surface area contributed by atoms with Crippen molar-refractivity contribution in [2.75, 3.05) is 7.11 Å². The van der Waals surface area contributed by atoms with Crippen LogP contribution in [0.3, 0.4) is 0 Å². The number of aromatic nitrogens is 2. The van der Waals surface area contributed by atoms with Crippen LogP contribution in [-0.4, -0.2) is 22.9 Å². The lowest BCUT2D eigenvalue weighted by Gasteiger charge is -2.06. The summed E-state index contributed by atoms with van der Waals surface area (Å²) < 4.78 is 6.29. The van der Waals surface area contributed by atoms with Gasteiger partial charge in [0.2, 0.25) is 0 Å². The van der Waals surface area contributed by atoms with Crippen LogP contribution in [0.1, 0.15) is 12.1 Å². The highest BCUT2D eigenvalue weighted by molar-refractivity contribution is 6.32. The van der Waals surface area contributed by atoms with Gasteiger partial charge in [-0.15, -0.1) is 0 Å². The van der Waals surface area contributed by atoms with Gasteiger partial charge < -0.3 is 4.74 Å². The third kappa shape index (κ3) is 3.23. The van der Waals surface area contributed by atoms with E-state index in [4.69, 9.17) is 11.6 Å². The molecular weight excluding hydrogens is 264 g/mol. The largest absolute Gasteiger partial charge is 0.469 e. The van der Waals surface area contributed by atoms with Gasteiger partial charge in [0.25, 0.3) is 0 Å². The molecule has 0 spiro atoms. The minimum atomic E-state index is -0.278. The Labute approximate surface area is 116 Å². The molecule has 0 aliphatic carbocycles. The highest BCUT2D eigenvalue weighted by atomic mass is 35.5. The number of hydrogen-bond acceptors (Lipinski definition) is 3. The normalized spacial score (nSPS) is 10.8. The lowest BCUT2D eigenvalue weighted by Crippen LogP contribution is -2.00. The topological polar surface area (TPSA) is 44.1 Å². The summed E-state index contributed by atoms with van der Waals surface area (Å²) in [6.45, 7) is 0. The SMILES string of the molecule is COC(=O)C/C=C/c1ccnn1-c1ccccc1Cl. The first-order valence-electron chi connectivity index (χ1n) is 5.74. The van der Waals surface area contributed by atoms with Gasteiger partial charge in [0, 0.05) is 0 Å². The lowest BCUT2D eigenvalue weighted by molar-refractivity contribution is -0.139. The van der Waals surface area contributed by atoms with Crippen LogP contribution in [0.2, 0.25) is 5.02 Å². The van der Waals surface area contributed by atoms with Crippen LogP contribution in [0.5, 0.6) is 0 Å². The molecule has 0 saturated heterocycles. The molecule has 98 valence electrons. The summed E-state index contributed by atoms with van der Waals surface area (Å²) >= 11 is 6.14. The Morgan fingerprint density at radius 3 is 2.95 bits per heavy atom. The van der Waals surface area contributed by atoms with E-state index in [-0.39, 0.29) is 12.4 Å². The molecule has 0 radical (unpaired) electrons. The molecule has 0 atom stereocenters. The smallest absolute Gasteiger partial charge is 0.309 e. The van der Waals surface area contributed by atoms with E-state index in [1.165, 1.54) is 7.11 Å². The molecule has 0 amide bonds. The number of hydrogen-bond donors (Lipinski definition) is 0. The van der Waals surface area contributed by atoms with Crippen molar-refractivity contribution in [3.05, 3.63) is 53.3 Å². The Hall–Kier alpha value is -2.07. The molecule has 19 heavy (non-hydrogen) atoms. The monoisotopic (exact) mass is 276 g/mol. The molecule has 1 aromatic heterocycles. The standard InChI is InChI=1S/C14H13ClN2O2/c1-19-14(18)8-4-5-11-9-10-16-17(11)13-7-3-2-6-12(13)15/h2-7,9-10H,8H2,1H3/b5-4+. The number of esters is 1. The van der Waals surface area contributed by atoms with E-state index in [1.807, 2.05) is 30.3 Å². The summed E-state index contributed by atoms with van der Waals surface area (Å²) in [4.78, 5) is 11.0. The summed E-state index contributed by atoms with van der Waals surface area (Å²) in [5.74, 6) is -0.278. The van der Waals surface area contributed by atoms with Crippen molar-refractivity contribution in [2.45, 2.75) is 6.42 Å². The molecule has 5 heteroatoms. The minimum Gasteiger partial charge on any atom is -0.469 e. The number of carbonyl (C=O) groups is 1. The van der Waals surface area contributed by atoms with Crippen molar-refractivity contribution in [3.63, 3.8) is 0 Å². The molecule has 0 unspecified atom stereocenters.